The highest BCUT2D eigenvalue weighted by molar-refractivity contribution is 5.95. The summed E-state index contributed by atoms with van der Waals surface area (Å²) in [5, 5.41) is 11.5. The maximum absolute atomic E-state index is 8.55. The minimum absolute atomic E-state index is 0.0414. The Kier molecular flexibility index (Phi) is 3.17. The molecule has 5 heteroatoms. The number of nitrogens with two attached hydrogens (primary N) is 1. The summed E-state index contributed by atoms with van der Waals surface area (Å²) in [5.74, 6) is 1.46. The van der Waals surface area contributed by atoms with Gasteiger partial charge in [0.15, 0.2) is 5.84 Å². The molecule has 0 radical (unpaired) electrons. The number of oxime groups is 1. The molecule has 1 saturated heterocycles. The molecule has 0 spiro atoms. The first-order valence-corrected chi connectivity index (χ1v) is 5.80. The van der Waals surface area contributed by atoms with E-state index in [0.717, 1.165) is 18.8 Å². The smallest absolute Gasteiger partial charge is 0.188 e. The fourth-order valence-corrected chi connectivity index (χ4v) is 2.12. The van der Waals surface area contributed by atoms with Crippen LogP contribution in [-0.2, 0) is 0 Å². The lowest BCUT2D eigenvalue weighted by Crippen LogP contribution is -2.20. The summed E-state index contributed by atoms with van der Waals surface area (Å²) in [7, 11) is 0. The van der Waals surface area contributed by atoms with Crippen molar-refractivity contribution in [3.63, 3.8) is 0 Å². The number of hydrogen-bond acceptors (Lipinski definition) is 4. The number of hydrogen-bond donors (Lipinski definition) is 2. The lowest BCUT2D eigenvalue weighted by molar-refractivity contribution is 0.318. The van der Waals surface area contributed by atoms with Crippen molar-refractivity contribution in [3.8, 4) is 0 Å². The van der Waals surface area contributed by atoms with Gasteiger partial charge in [0, 0.05) is 13.1 Å². The van der Waals surface area contributed by atoms with E-state index in [9.17, 15) is 0 Å². The monoisotopic (exact) mass is 234 g/mol. The second kappa shape index (κ2) is 4.61. The van der Waals surface area contributed by atoms with Crippen molar-refractivity contribution in [2.75, 3.05) is 18.0 Å². The van der Waals surface area contributed by atoms with E-state index in [1.54, 1.807) is 12.3 Å². The quantitative estimate of drug-likeness (QED) is 0.350. The van der Waals surface area contributed by atoms with Crippen molar-refractivity contribution in [2.24, 2.45) is 22.7 Å². The van der Waals surface area contributed by atoms with Crippen LogP contribution in [0.1, 0.15) is 19.5 Å². The zero-order chi connectivity index (χ0) is 12.4. The van der Waals surface area contributed by atoms with Crippen LogP contribution in [0.25, 0.3) is 0 Å². The summed E-state index contributed by atoms with van der Waals surface area (Å²) < 4.78 is 0. The Morgan fingerprint density at radius 3 is 2.53 bits per heavy atom. The summed E-state index contributed by atoms with van der Waals surface area (Å²) in [6, 6.07) is 3.74. The molecule has 0 bridgehead atoms. The standard InChI is InChI=1S/C12H18N4O/c1-8-6-16(7-9(8)2)10-3-4-11(14-5-10)12(13)15-17/h3-5,8-9,17H,6-7H2,1-2H3,(H2,13,15). The molecular weight excluding hydrogens is 216 g/mol. The van der Waals surface area contributed by atoms with Crippen molar-refractivity contribution in [1.82, 2.24) is 4.98 Å². The second-order valence-electron chi connectivity index (χ2n) is 4.75. The van der Waals surface area contributed by atoms with Crippen molar-refractivity contribution in [2.45, 2.75) is 13.8 Å². The van der Waals surface area contributed by atoms with Gasteiger partial charge in [0.05, 0.1) is 11.9 Å². The SMILES string of the molecule is CC1CN(c2ccc(/C(N)=N/O)nc2)CC1C. The maximum Gasteiger partial charge on any atom is 0.188 e. The van der Waals surface area contributed by atoms with Crippen molar-refractivity contribution >= 4 is 11.5 Å². The first kappa shape index (κ1) is 11.7. The molecule has 0 aliphatic carbocycles. The summed E-state index contributed by atoms with van der Waals surface area (Å²) in [5.41, 5.74) is 7.06. The molecule has 1 aliphatic rings. The Hall–Kier alpha value is -1.78. The highest BCUT2D eigenvalue weighted by atomic mass is 16.4. The average molecular weight is 234 g/mol. The Balaban J connectivity index is 2.14. The van der Waals surface area contributed by atoms with Gasteiger partial charge in [-0.05, 0) is 24.0 Å². The van der Waals surface area contributed by atoms with Crippen LogP contribution < -0.4 is 10.6 Å². The van der Waals surface area contributed by atoms with Crippen LogP contribution in [0.2, 0.25) is 0 Å². The topological polar surface area (TPSA) is 74.7 Å². The van der Waals surface area contributed by atoms with Crippen LogP contribution >= 0.6 is 0 Å². The maximum atomic E-state index is 8.55. The Morgan fingerprint density at radius 1 is 1.41 bits per heavy atom. The molecule has 0 saturated carbocycles. The fraction of sp³-hybridized carbons (Fsp3) is 0.500. The van der Waals surface area contributed by atoms with Crippen LogP contribution in [0.4, 0.5) is 5.69 Å². The first-order valence-electron chi connectivity index (χ1n) is 5.80. The molecule has 1 aliphatic heterocycles. The van der Waals surface area contributed by atoms with Crippen LogP contribution in [0.3, 0.4) is 0 Å². The number of pyridine rings is 1. The van der Waals surface area contributed by atoms with Crippen molar-refractivity contribution < 1.29 is 5.21 Å². The zero-order valence-electron chi connectivity index (χ0n) is 10.2. The van der Waals surface area contributed by atoms with Gasteiger partial charge in [-0.2, -0.15) is 0 Å². The third-order valence-electron chi connectivity index (χ3n) is 3.47. The number of rotatable bonds is 2. The van der Waals surface area contributed by atoms with Gasteiger partial charge in [-0.25, -0.2) is 0 Å². The largest absolute Gasteiger partial charge is 0.409 e. The van der Waals surface area contributed by atoms with E-state index in [4.69, 9.17) is 10.9 Å². The van der Waals surface area contributed by atoms with Crippen LogP contribution in [-0.4, -0.2) is 29.1 Å². The molecule has 1 fully saturated rings. The number of anilines is 1. The first-order chi connectivity index (χ1) is 8.11. The molecule has 0 amide bonds. The summed E-state index contributed by atoms with van der Waals surface area (Å²) in [4.78, 5) is 6.50. The molecule has 92 valence electrons. The van der Waals surface area contributed by atoms with Gasteiger partial charge < -0.3 is 15.8 Å². The van der Waals surface area contributed by atoms with Crippen LogP contribution in [0, 0.1) is 11.8 Å². The van der Waals surface area contributed by atoms with E-state index in [-0.39, 0.29) is 5.84 Å². The van der Waals surface area contributed by atoms with Gasteiger partial charge in [-0.1, -0.05) is 19.0 Å². The number of nitrogens with zero attached hydrogens (tertiary/aromatic N) is 3. The van der Waals surface area contributed by atoms with E-state index >= 15 is 0 Å². The molecule has 2 heterocycles. The summed E-state index contributed by atoms with van der Waals surface area (Å²) in [6.07, 6.45) is 1.78. The molecule has 3 N–H and O–H groups in total. The second-order valence-corrected chi connectivity index (χ2v) is 4.75. The average Bonchev–Trinajstić information content (AvgIpc) is 2.69. The Labute approximate surface area is 101 Å². The van der Waals surface area contributed by atoms with E-state index in [0.29, 0.717) is 17.5 Å². The van der Waals surface area contributed by atoms with Gasteiger partial charge in [-0.15, -0.1) is 0 Å². The lowest BCUT2D eigenvalue weighted by atomic mass is 10.0. The fourth-order valence-electron chi connectivity index (χ4n) is 2.12. The van der Waals surface area contributed by atoms with E-state index < -0.39 is 0 Å². The summed E-state index contributed by atoms with van der Waals surface area (Å²) in [6.45, 7) is 6.66. The van der Waals surface area contributed by atoms with E-state index in [1.807, 2.05) is 6.07 Å². The third-order valence-corrected chi connectivity index (χ3v) is 3.47. The molecule has 2 atom stereocenters. The Bertz CT molecular complexity index is 405. The predicted octanol–water partition coefficient (Wildman–Crippen LogP) is 1.27. The molecule has 1 aromatic rings. The Morgan fingerprint density at radius 2 is 2.06 bits per heavy atom. The van der Waals surface area contributed by atoms with Gasteiger partial charge >= 0.3 is 0 Å². The molecular formula is C12H18N4O. The lowest BCUT2D eigenvalue weighted by Gasteiger charge is -2.17. The molecule has 0 aromatic carbocycles. The minimum atomic E-state index is 0.0414. The number of aromatic nitrogens is 1. The molecule has 2 rings (SSSR count). The molecule has 2 unspecified atom stereocenters. The highest BCUT2D eigenvalue weighted by Gasteiger charge is 2.26. The van der Waals surface area contributed by atoms with E-state index in [1.165, 1.54) is 0 Å². The number of amidine groups is 1. The molecule has 5 nitrogen and oxygen atoms in total. The molecule has 17 heavy (non-hydrogen) atoms. The molecule has 1 aromatic heterocycles. The van der Waals surface area contributed by atoms with Crippen LogP contribution in [0.5, 0.6) is 0 Å². The van der Waals surface area contributed by atoms with Gasteiger partial charge in [0.2, 0.25) is 0 Å². The normalized spacial score (nSPS) is 25.3. The van der Waals surface area contributed by atoms with Gasteiger partial charge in [0.25, 0.3) is 0 Å². The third kappa shape index (κ3) is 2.33. The van der Waals surface area contributed by atoms with Gasteiger partial charge in [0.1, 0.15) is 5.69 Å². The zero-order valence-corrected chi connectivity index (χ0v) is 10.2. The van der Waals surface area contributed by atoms with Gasteiger partial charge in [-0.3, -0.25) is 4.98 Å². The van der Waals surface area contributed by atoms with Crippen LogP contribution in [0.15, 0.2) is 23.5 Å². The van der Waals surface area contributed by atoms with E-state index in [2.05, 4.69) is 28.9 Å². The summed E-state index contributed by atoms with van der Waals surface area (Å²) >= 11 is 0. The predicted molar refractivity (Wildman–Crippen MR) is 67.3 cm³/mol. The van der Waals surface area contributed by atoms with Crippen molar-refractivity contribution in [3.05, 3.63) is 24.0 Å². The minimum Gasteiger partial charge on any atom is -0.409 e. The highest BCUT2D eigenvalue weighted by Crippen LogP contribution is 2.27. The van der Waals surface area contributed by atoms with Crippen molar-refractivity contribution in [1.29, 1.82) is 0 Å².